The van der Waals surface area contributed by atoms with E-state index >= 15 is 0 Å². The molecule has 0 aromatic heterocycles. The summed E-state index contributed by atoms with van der Waals surface area (Å²) in [4.78, 5) is 10.5. The number of hydrogen-bond acceptors (Lipinski definition) is 5. The summed E-state index contributed by atoms with van der Waals surface area (Å²) in [6.07, 6.45) is 0.755. The van der Waals surface area contributed by atoms with E-state index in [0.717, 1.165) is 13.0 Å². The van der Waals surface area contributed by atoms with Crippen LogP contribution in [0.25, 0.3) is 0 Å². The fraction of sp³-hybridized carbons (Fsp3) is 0.462. The van der Waals surface area contributed by atoms with Crippen molar-refractivity contribution in [3.63, 3.8) is 0 Å². The van der Waals surface area contributed by atoms with Gasteiger partial charge in [0.1, 0.15) is 0 Å². The fourth-order valence-corrected chi connectivity index (χ4v) is 2.33. The lowest BCUT2D eigenvalue weighted by Crippen LogP contribution is -2.24. The molecule has 0 atom stereocenters. The van der Waals surface area contributed by atoms with Gasteiger partial charge in [0.25, 0.3) is 0 Å². The molecule has 0 aliphatic carbocycles. The molecule has 1 aromatic carbocycles. The minimum atomic E-state index is -0.523. The maximum Gasteiger partial charge on any atom is 0.313 e. The summed E-state index contributed by atoms with van der Waals surface area (Å²) in [6, 6.07) is 5.13. The van der Waals surface area contributed by atoms with Crippen LogP contribution in [-0.2, 0) is 0 Å². The van der Waals surface area contributed by atoms with Crippen LogP contribution in [-0.4, -0.2) is 24.1 Å². The van der Waals surface area contributed by atoms with Crippen LogP contribution in [0.3, 0.4) is 0 Å². The maximum absolute atomic E-state index is 11.0. The highest BCUT2D eigenvalue weighted by atomic mass is 127. The first kappa shape index (κ1) is 16.7. The van der Waals surface area contributed by atoms with Gasteiger partial charge in [-0.2, -0.15) is 5.26 Å². The minimum Gasteiger partial charge on any atom is -0.486 e. The predicted octanol–water partition coefficient (Wildman–Crippen LogP) is 2.84. The van der Waals surface area contributed by atoms with Crippen LogP contribution < -0.4 is 10.1 Å². The van der Waals surface area contributed by atoms with Crippen molar-refractivity contribution in [2.24, 2.45) is 0 Å². The standard InChI is InChI=1S/C13H16IN3O3/c1-9(2)16-4-3-5-20-13-11(14)6-10(8-15)7-12(13)17(18)19/h6-7,9,16H,3-5H2,1-2H3. The Morgan fingerprint density at radius 1 is 1.55 bits per heavy atom. The molecule has 0 amide bonds. The highest BCUT2D eigenvalue weighted by Crippen LogP contribution is 2.33. The molecular formula is C13H16IN3O3. The van der Waals surface area contributed by atoms with E-state index in [2.05, 4.69) is 19.2 Å². The number of nitro benzene ring substituents is 1. The molecule has 20 heavy (non-hydrogen) atoms. The summed E-state index contributed by atoms with van der Waals surface area (Å²) in [6.45, 7) is 5.28. The molecule has 1 rings (SSSR count). The van der Waals surface area contributed by atoms with Gasteiger partial charge < -0.3 is 10.1 Å². The van der Waals surface area contributed by atoms with Crippen LogP contribution in [0, 0.1) is 25.0 Å². The second kappa shape index (κ2) is 8.01. The monoisotopic (exact) mass is 389 g/mol. The first-order valence-electron chi connectivity index (χ1n) is 6.20. The number of rotatable bonds is 7. The van der Waals surface area contributed by atoms with Crippen molar-refractivity contribution >= 4 is 28.3 Å². The van der Waals surface area contributed by atoms with Crippen molar-refractivity contribution in [2.45, 2.75) is 26.3 Å². The normalized spacial score (nSPS) is 10.3. The highest BCUT2D eigenvalue weighted by molar-refractivity contribution is 14.1. The van der Waals surface area contributed by atoms with E-state index < -0.39 is 4.92 Å². The average Bonchev–Trinajstić information content (AvgIpc) is 2.38. The molecule has 7 heteroatoms. The van der Waals surface area contributed by atoms with Crippen LogP contribution in [0.2, 0.25) is 0 Å². The van der Waals surface area contributed by atoms with E-state index in [1.807, 2.05) is 28.7 Å². The summed E-state index contributed by atoms with van der Waals surface area (Å²) >= 11 is 1.94. The Kier molecular flexibility index (Phi) is 6.67. The van der Waals surface area contributed by atoms with Gasteiger partial charge in [0.15, 0.2) is 0 Å². The average molecular weight is 389 g/mol. The Hall–Kier alpha value is -1.40. The number of nitriles is 1. The molecule has 1 aromatic rings. The molecule has 0 spiro atoms. The summed E-state index contributed by atoms with van der Waals surface area (Å²) in [5, 5.41) is 23.1. The predicted molar refractivity (Wildman–Crippen MR) is 83.8 cm³/mol. The van der Waals surface area contributed by atoms with E-state index in [1.54, 1.807) is 6.07 Å². The van der Waals surface area contributed by atoms with Crippen molar-refractivity contribution in [3.8, 4) is 11.8 Å². The molecule has 1 N–H and O–H groups in total. The van der Waals surface area contributed by atoms with Crippen molar-refractivity contribution < 1.29 is 9.66 Å². The lowest BCUT2D eigenvalue weighted by molar-refractivity contribution is -0.386. The van der Waals surface area contributed by atoms with Gasteiger partial charge in [-0.15, -0.1) is 0 Å². The lowest BCUT2D eigenvalue weighted by Gasteiger charge is -2.10. The summed E-state index contributed by atoms with van der Waals surface area (Å²) < 4.78 is 6.09. The van der Waals surface area contributed by atoms with Crippen molar-refractivity contribution in [1.29, 1.82) is 5.26 Å². The third-order valence-electron chi connectivity index (χ3n) is 2.47. The van der Waals surface area contributed by atoms with Crippen LogP contribution in [0.15, 0.2) is 12.1 Å². The number of hydrogen-bond donors (Lipinski definition) is 1. The topological polar surface area (TPSA) is 88.2 Å². The fourth-order valence-electron chi connectivity index (χ4n) is 1.56. The van der Waals surface area contributed by atoms with Crippen molar-refractivity contribution in [2.75, 3.05) is 13.2 Å². The van der Waals surface area contributed by atoms with E-state index in [-0.39, 0.29) is 17.0 Å². The second-order valence-electron chi connectivity index (χ2n) is 4.49. The van der Waals surface area contributed by atoms with E-state index in [1.165, 1.54) is 6.07 Å². The lowest BCUT2D eigenvalue weighted by atomic mass is 10.2. The van der Waals surface area contributed by atoms with E-state index in [4.69, 9.17) is 10.00 Å². The Bertz CT molecular complexity index is 526. The largest absolute Gasteiger partial charge is 0.486 e. The van der Waals surface area contributed by atoms with Crippen LogP contribution in [0.1, 0.15) is 25.8 Å². The van der Waals surface area contributed by atoms with Gasteiger partial charge in [-0.3, -0.25) is 10.1 Å². The molecule has 0 saturated carbocycles. The quantitative estimate of drug-likeness (QED) is 0.335. The number of nitrogens with zero attached hydrogens (tertiary/aromatic N) is 2. The second-order valence-corrected chi connectivity index (χ2v) is 5.65. The molecule has 0 saturated heterocycles. The molecule has 0 heterocycles. The SMILES string of the molecule is CC(C)NCCCOc1c(I)cc(C#N)cc1[N+](=O)[O-]. The van der Waals surface area contributed by atoms with E-state index in [9.17, 15) is 10.1 Å². The minimum absolute atomic E-state index is 0.162. The molecule has 0 bridgehead atoms. The molecule has 0 aliphatic rings. The van der Waals surface area contributed by atoms with Crippen LogP contribution >= 0.6 is 22.6 Å². The van der Waals surface area contributed by atoms with Gasteiger partial charge in [0, 0.05) is 12.1 Å². The number of halogens is 1. The van der Waals surface area contributed by atoms with Gasteiger partial charge in [-0.1, -0.05) is 13.8 Å². The zero-order valence-electron chi connectivity index (χ0n) is 11.4. The van der Waals surface area contributed by atoms with Gasteiger partial charge in [-0.05, 0) is 41.6 Å². The summed E-state index contributed by atoms with van der Waals surface area (Å²) in [5.74, 6) is 0.235. The Labute approximate surface area is 131 Å². The van der Waals surface area contributed by atoms with Gasteiger partial charge in [-0.25, -0.2) is 0 Å². The molecule has 0 aliphatic heterocycles. The van der Waals surface area contributed by atoms with E-state index in [0.29, 0.717) is 16.2 Å². The summed E-state index contributed by atoms with van der Waals surface area (Å²) in [7, 11) is 0. The first-order valence-corrected chi connectivity index (χ1v) is 7.27. The molecule has 0 fully saturated rings. The van der Waals surface area contributed by atoms with Gasteiger partial charge >= 0.3 is 5.69 Å². The highest BCUT2D eigenvalue weighted by Gasteiger charge is 2.20. The summed E-state index contributed by atoms with van der Waals surface area (Å²) in [5.41, 5.74) is 0.0974. The first-order chi connectivity index (χ1) is 9.45. The zero-order valence-corrected chi connectivity index (χ0v) is 13.5. The Morgan fingerprint density at radius 2 is 2.25 bits per heavy atom. The van der Waals surface area contributed by atoms with Crippen LogP contribution in [0.4, 0.5) is 5.69 Å². The molecule has 0 unspecified atom stereocenters. The number of ether oxygens (including phenoxy) is 1. The molecule has 108 valence electrons. The number of nitrogens with one attached hydrogen (secondary N) is 1. The number of nitro groups is 1. The third-order valence-corrected chi connectivity index (χ3v) is 3.27. The molecule has 0 radical (unpaired) electrons. The number of benzene rings is 1. The van der Waals surface area contributed by atoms with Gasteiger partial charge in [0.2, 0.25) is 5.75 Å². The third kappa shape index (κ3) is 4.94. The molecular weight excluding hydrogens is 373 g/mol. The zero-order chi connectivity index (χ0) is 15.1. The van der Waals surface area contributed by atoms with Crippen molar-refractivity contribution in [3.05, 3.63) is 31.4 Å². The van der Waals surface area contributed by atoms with Gasteiger partial charge in [0.05, 0.1) is 26.7 Å². The molecule has 6 nitrogen and oxygen atoms in total. The maximum atomic E-state index is 11.0. The van der Waals surface area contributed by atoms with Crippen LogP contribution in [0.5, 0.6) is 5.75 Å². The smallest absolute Gasteiger partial charge is 0.313 e. The van der Waals surface area contributed by atoms with Crippen molar-refractivity contribution in [1.82, 2.24) is 5.32 Å². The Morgan fingerprint density at radius 3 is 2.80 bits per heavy atom. The Balaban J connectivity index is 2.74.